The Kier molecular flexibility index (Phi) is 4.04. The molecule has 0 amide bonds. The highest BCUT2D eigenvalue weighted by Crippen LogP contribution is 2.28. The average molecular weight is 238 g/mol. The Labute approximate surface area is 91.6 Å². The van der Waals surface area contributed by atoms with Crippen LogP contribution in [0.15, 0.2) is 30.3 Å². The van der Waals surface area contributed by atoms with Gasteiger partial charge in [-0.3, -0.25) is 4.79 Å². The molecule has 0 aliphatic rings. The molecular formula is C9H7Cl3O. The third-order valence-electron chi connectivity index (χ3n) is 1.59. The van der Waals surface area contributed by atoms with E-state index in [9.17, 15) is 4.79 Å². The van der Waals surface area contributed by atoms with Crippen molar-refractivity contribution in [3.63, 3.8) is 0 Å². The third kappa shape index (κ3) is 2.87. The number of hydrogen-bond acceptors (Lipinski definition) is 1. The standard InChI is InChI=1S/C9H7Cl3O/c10-7(8(11)9(12)13)6-4-2-1-3-5-6/h1-5,7-8H. The molecule has 0 aromatic heterocycles. The SMILES string of the molecule is O=C(Cl)C(Cl)C(Cl)c1ccccc1. The molecule has 0 spiro atoms. The lowest BCUT2D eigenvalue weighted by molar-refractivity contribution is -0.111. The number of halogens is 3. The maximum Gasteiger partial charge on any atom is 0.241 e. The molecular weight excluding hydrogens is 230 g/mol. The monoisotopic (exact) mass is 236 g/mol. The smallest absolute Gasteiger partial charge is 0.241 e. The van der Waals surface area contributed by atoms with Gasteiger partial charge in [0.15, 0.2) is 0 Å². The summed E-state index contributed by atoms with van der Waals surface area (Å²) >= 11 is 16.8. The minimum Gasteiger partial charge on any atom is -0.280 e. The summed E-state index contributed by atoms with van der Waals surface area (Å²) in [5.74, 6) is 0. The molecule has 0 aliphatic carbocycles. The van der Waals surface area contributed by atoms with E-state index in [0.717, 1.165) is 5.56 Å². The molecule has 2 atom stereocenters. The molecule has 0 saturated heterocycles. The van der Waals surface area contributed by atoms with Gasteiger partial charge >= 0.3 is 0 Å². The summed E-state index contributed by atoms with van der Waals surface area (Å²) in [6.45, 7) is 0. The molecule has 70 valence electrons. The first kappa shape index (κ1) is 10.8. The molecule has 1 aromatic carbocycles. The van der Waals surface area contributed by atoms with Crippen LogP contribution in [0.1, 0.15) is 10.9 Å². The Morgan fingerprint density at radius 1 is 1.15 bits per heavy atom. The summed E-state index contributed by atoms with van der Waals surface area (Å²) in [7, 11) is 0. The van der Waals surface area contributed by atoms with E-state index in [1.54, 1.807) is 12.1 Å². The Morgan fingerprint density at radius 3 is 2.15 bits per heavy atom. The van der Waals surface area contributed by atoms with Gasteiger partial charge in [0, 0.05) is 0 Å². The second kappa shape index (κ2) is 4.85. The fraction of sp³-hybridized carbons (Fsp3) is 0.222. The van der Waals surface area contributed by atoms with E-state index in [1.165, 1.54) is 0 Å². The summed E-state index contributed by atoms with van der Waals surface area (Å²) in [6.07, 6.45) is 0. The number of carbonyl (C=O) groups is 1. The van der Waals surface area contributed by atoms with Crippen LogP contribution in [0.2, 0.25) is 0 Å². The summed E-state index contributed by atoms with van der Waals surface area (Å²) in [6, 6.07) is 9.11. The highest BCUT2D eigenvalue weighted by atomic mass is 35.5. The van der Waals surface area contributed by atoms with Crippen molar-refractivity contribution in [2.75, 3.05) is 0 Å². The van der Waals surface area contributed by atoms with Crippen LogP contribution in [-0.4, -0.2) is 10.6 Å². The van der Waals surface area contributed by atoms with Gasteiger partial charge in [0.25, 0.3) is 0 Å². The first-order valence-corrected chi connectivity index (χ1v) is 4.90. The molecule has 0 N–H and O–H groups in total. The zero-order valence-corrected chi connectivity index (χ0v) is 8.85. The number of benzene rings is 1. The van der Waals surface area contributed by atoms with Crippen molar-refractivity contribution in [2.45, 2.75) is 10.8 Å². The largest absolute Gasteiger partial charge is 0.280 e. The summed E-state index contributed by atoms with van der Waals surface area (Å²) < 4.78 is 0. The Balaban J connectivity index is 2.79. The second-order valence-electron chi connectivity index (χ2n) is 2.52. The van der Waals surface area contributed by atoms with Crippen molar-refractivity contribution in [1.82, 2.24) is 0 Å². The number of hydrogen-bond donors (Lipinski definition) is 0. The Bertz CT molecular complexity index is 286. The third-order valence-corrected chi connectivity index (χ3v) is 3.02. The molecule has 4 heteroatoms. The normalized spacial score (nSPS) is 15.0. The van der Waals surface area contributed by atoms with E-state index in [2.05, 4.69) is 0 Å². The van der Waals surface area contributed by atoms with E-state index >= 15 is 0 Å². The first-order valence-electron chi connectivity index (χ1n) is 3.65. The number of rotatable bonds is 3. The molecule has 0 radical (unpaired) electrons. The average Bonchev–Trinajstić information content (AvgIpc) is 2.17. The highest BCUT2D eigenvalue weighted by Gasteiger charge is 2.23. The van der Waals surface area contributed by atoms with Crippen molar-refractivity contribution in [3.8, 4) is 0 Å². The lowest BCUT2D eigenvalue weighted by atomic mass is 10.1. The van der Waals surface area contributed by atoms with Crippen molar-refractivity contribution in [2.24, 2.45) is 0 Å². The summed E-state index contributed by atoms with van der Waals surface area (Å²) in [5.41, 5.74) is 0.790. The Morgan fingerprint density at radius 2 is 1.69 bits per heavy atom. The van der Waals surface area contributed by atoms with Gasteiger partial charge in [0.1, 0.15) is 5.38 Å². The lowest BCUT2D eigenvalue weighted by Gasteiger charge is -2.11. The van der Waals surface area contributed by atoms with Crippen molar-refractivity contribution in [3.05, 3.63) is 35.9 Å². The Hall–Kier alpha value is -0.240. The molecule has 0 fully saturated rings. The molecule has 0 aliphatic heterocycles. The maximum atomic E-state index is 10.7. The minimum atomic E-state index is -0.884. The van der Waals surface area contributed by atoms with Crippen LogP contribution in [0.25, 0.3) is 0 Å². The van der Waals surface area contributed by atoms with Gasteiger partial charge in [0.05, 0.1) is 5.38 Å². The van der Waals surface area contributed by atoms with Gasteiger partial charge < -0.3 is 0 Å². The molecule has 0 saturated carbocycles. The zero-order chi connectivity index (χ0) is 9.84. The van der Waals surface area contributed by atoms with Crippen LogP contribution in [0, 0.1) is 0 Å². The van der Waals surface area contributed by atoms with Crippen LogP contribution >= 0.6 is 34.8 Å². The maximum absolute atomic E-state index is 10.7. The molecule has 1 aromatic rings. The van der Waals surface area contributed by atoms with Gasteiger partial charge in [-0.2, -0.15) is 0 Å². The molecule has 2 unspecified atom stereocenters. The van der Waals surface area contributed by atoms with Gasteiger partial charge in [-0.05, 0) is 17.2 Å². The summed E-state index contributed by atoms with van der Waals surface area (Å²) in [5, 5.41) is -2.09. The predicted molar refractivity (Wildman–Crippen MR) is 55.5 cm³/mol. The van der Waals surface area contributed by atoms with Crippen molar-refractivity contribution < 1.29 is 4.79 Å². The highest BCUT2D eigenvalue weighted by molar-refractivity contribution is 6.70. The number of alkyl halides is 2. The molecule has 1 rings (SSSR count). The summed E-state index contributed by atoms with van der Waals surface area (Å²) in [4.78, 5) is 10.7. The molecule has 13 heavy (non-hydrogen) atoms. The van der Waals surface area contributed by atoms with Crippen molar-refractivity contribution in [1.29, 1.82) is 0 Å². The van der Waals surface area contributed by atoms with E-state index < -0.39 is 16.0 Å². The quantitative estimate of drug-likeness (QED) is 0.582. The van der Waals surface area contributed by atoms with Gasteiger partial charge in [-0.15, -0.1) is 23.2 Å². The molecule has 1 nitrogen and oxygen atoms in total. The van der Waals surface area contributed by atoms with Crippen LogP contribution in [0.3, 0.4) is 0 Å². The van der Waals surface area contributed by atoms with E-state index in [-0.39, 0.29) is 0 Å². The van der Waals surface area contributed by atoms with Gasteiger partial charge in [-0.25, -0.2) is 0 Å². The fourth-order valence-corrected chi connectivity index (χ4v) is 1.52. The van der Waals surface area contributed by atoms with E-state index in [1.807, 2.05) is 18.2 Å². The fourth-order valence-electron chi connectivity index (χ4n) is 0.921. The van der Waals surface area contributed by atoms with Crippen LogP contribution in [0.5, 0.6) is 0 Å². The van der Waals surface area contributed by atoms with Crippen LogP contribution in [0.4, 0.5) is 0 Å². The van der Waals surface area contributed by atoms with Crippen LogP contribution in [-0.2, 0) is 4.79 Å². The van der Waals surface area contributed by atoms with Gasteiger partial charge in [0.2, 0.25) is 5.24 Å². The molecule has 0 bridgehead atoms. The molecule has 0 heterocycles. The van der Waals surface area contributed by atoms with Crippen molar-refractivity contribution >= 4 is 40.0 Å². The van der Waals surface area contributed by atoms with E-state index in [0.29, 0.717) is 0 Å². The predicted octanol–water partition coefficient (Wildman–Crippen LogP) is 3.34. The topological polar surface area (TPSA) is 17.1 Å². The number of carbonyl (C=O) groups excluding carboxylic acids is 1. The van der Waals surface area contributed by atoms with Crippen LogP contribution < -0.4 is 0 Å². The second-order valence-corrected chi connectivity index (χ2v) is 3.83. The minimum absolute atomic E-state index is 0.576. The first-order chi connectivity index (χ1) is 6.13. The lowest BCUT2D eigenvalue weighted by Crippen LogP contribution is -2.14. The van der Waals surface area contributed by atoms with E-state index in [4.69, 9.17) is 34.8 Å². The zero-order valence-electron chi connectivity index (χ0n) is 6.58. The van der Waals surface area contributed by atoms with Gasteiger partial charge in [-0.1, -0.05) is 30.3 Å².